The first-order valence-corrected chi connectivity index (χ1v) is 8.57. The number of rotatable bonds is 5. The molecule has 128 valence electrons. The molecule has 0 bridgehead atoms. The molecule has 2 amide bonds. The third kappa shape index (κ3) is 3.75. The van der Waals surface area contributed by atoms with E-state index in [0.29, 0.717) is 24.2 Å². The van der Waals surface area contributed by atoms with Crippen LogP contribution in [0.25, 0.3) is 11.0 Å². The molecule has 0 aliphatic carbocycles. The first-order valence-electron chi connectivity index (χ1n) is 8.57. The number of carbonyl (C=O) groups is 2. The Hall–Kier alpha value is -2.37. The predicted molar refractivity (Wildman–Crippen MR) is 90.4 cm³/mol. The molecule has 1 fully saturated rings. The van der Waals surface area contributed by atoms with Gasteiger partial charge in [0.25, 0.3) is 0 Å². The molecule has 0 radical (unpaired) electrons. The molecule has 2 aromatic rings. The Morgan fingerprint density at radius 2 is 2.21 bits per heavy atom. The van der Waals surface area contributed by atoms with Gasteiger partial charge < -0.3 is 14.7 Å². The summed E-state index contributed by atoms with van der Waals surface area (Å²) in [6, 6.07) is 7.60. The van der Waals surface area contributed by atoms with Crippen LogP contribution in [0.15, 0.2) is 28.8 Å². The maximum atomic E-state index is 12.6. The van der Waals surface area contributed by atoms with Gasteiger partial charge in [0.15, 0.2) is 5.58 Å². The fourth-order valence-corrected chi connectivity index (χ4v) is 3.17. The summed E-state index contributed by atoms with van der Waals surface area (Å²) in [5.74, 6) is 0.0998. The lowest BCUT2D eigenvalue weighted by Gasteiger charge is -2.33. The van der Waals surface area contributed by atoms with Crippen LogP contribution in [-0.4, -0.2) is 41.0 Å². The average molecular weight is 329 g/mol. The zero-order valence-corrected chi connectivity index (χ0v) is 14.0. The summed E-state index contributed by atoms with van der Waals surface area (Å²) in [4.78, 5) is 26.2. The fraction of sp³-hybridized carbons (Fsp3) is 0.500. The Morgan fingerprint density at radius 1 is 1.38 bits per heavy atom. The molecule has 0 saturated carbocycles. The molecular weight excluding hydrogens is 306 g/mol. The molecule has 1 aromatic heterocycles. The van der Waals surface area contributed by atoms with Crippen molar-refractivity contribution in [2.24, 2.45) is 0 Å². The Kier molecular flexibility index (Phi) is 5.13. The number of likely N-dealkylation sites (tertiary alicyclic amines) is 1. The quantitative estimate of drug-likeness (QED) is 0.913. The number of hydrogen-bond donors (Lipinski definition) is 1. The Morgan fingerprint density at radius 3 is 3.04 bits per heavy atom. The van der Waals surface area contributed by atoms with Crippen molar-refractivity contribution in [2.45, 2.75) is 45.1 Å². The molecule has 2 heterocycles. The lowest BCUT2D eigenvalue weighted by Crippen LogP contribution is -2.50. The molecule has 6 heteroatoms. The first-order chi connectivity index (χ1) is 11.7. The maximum absolute atomic E-state index is 12.6. The van der Waals surface area contributed by atoms with E-state index in [0.717, 1.165) is 31.2 Å². The van der Waals surface area contributed by atoms with Gasteiger partial charge in [-0.25, -0.2) is 0 Å². The molecule has 1 saturated heterocycles. The number of nitrogens with zero attached hydrogens (tertiary/aromatic N) is 2. The van der Waals surface area contributed by atoms with E-state index in [9.17, 15) is 9.59 Å². The van der Waals surface area contributed by atoms with E-state index in [-0.39, 0.29) is 24.3 Å². The van der Waals surface area contributed by atoms with Crippen molar-refractivity contribution in [2.75, 3.05) is 13.1 Å². The second kappa shape index (κ2) is 7.47. The van der Waals surface area contributed by atoms with Crippen molar-refractivity contribution in [1.82, 2.24) is 15.4 Å². The van der Waals surface area contributed by atoms with Gasteiger partial charge in [-0.1, -0.05) is 24.2 Å². The third-order valence-corrected chi connectivity index (χ3v) is 4.39. The molecule has 1 aromatic carbocycles. The summed E-state index contributed by atoms with van der Waals surface area (Å²) in [7, 11) is 0. The van der Waals surface area contributed by atoms with Crippen LogP contribution in [0.5, 0.6) is 0 Å². The van der Waals surface area contributed by atoms with E-state index < -0.39 is 0 Å². The highest BCUT2D eigenvalue weighted by Crippen LogP contribution is 2.19. The number of nitrogens with one attached hydrogen (secondary N) is 1. The molecule has 0 unspecified atom stereocenters. The van der Waals surface area contributed by atoms with E-state index in [2.05, 4.69) is 10.5 Å². The number of para-hydroxylation sites is 1. The first kappa shape index (κ1) is 16.5. The molecule has 1 N–H and O–H groups in total. The van der Waals surface area contributed by atoms with Crippen molar-refractivity contribution in [3.8, 4) is 0 Å². The van der Waals surface area contributed by atoms with Crippen LogP contribution in [0.1, 0.15) is 38.3 Å². The van der Waals surface area contributed by atoms with Crippen molar-refractivity contribution in [1.29, 1.82) is 0 Å². The Labute approximate surface area is 141 Å². The van der Waals surface area contributed by atoms with Crippen LogP contribution in [0.4, 0.5) is 0 Å². The number of aromatic nitrogens is 1. The molecule has 1 aliphatic rings. The highest BCUT2D eigenvalue weighted by Gasteiger charge is 2.25. The summed E-state index contributed by atoms with van der Waals surface area (Å²) in [5, 5.41) is 7.94. The highest BCUT2D eigenvalue weighted by molar-refractivity contribution is 5.86. The number of hydrogen-bond acceptors (Lipinski definition) is 4. The number of amides is 2. The van der Waals surface area contributed by atoms with Crippen LogP contribution in [-0.2, 0) is 16.0 Å². The molecule has 0 spiro atoms. The van der Waals surface area contributed by atoms with Gasteiger partial charge in [0.1, 0.15) is 5.69 Å². The lowest BCUT2D eigenvalue weighted by molar-refractivity contribution is -0.133. The van der Waals surface area contributed by atoms with Gasteiger partial charge in [-0.2, -0.15) is 0 Å². The average Bonchev–Trinajstić information content (AvgIpc) is 2.98. The molecular formula is C18H23N3O3. The number of piperidine rings is 1. The third-order valence-electron chi connectivity index (χ3n) is 4.39. The lowest BCUT2D eigenvalue weighted by atomic mass is 10.0. The van der Waals surface area contributed by atoms with Gasteiger partial charge >= 0.3 is 0 Å². The van der Waals surface area contributed by atoms with E-state index in [1.54, 1.807) is 0 Å². The summed E-state index contributed by atoms with van der Waals surface area (Å²) >= 11 is 0. The fourth-order valence-electron chi connectivity index (χ4n) is 3.17. The van der Waals surface area contributed by atoms with Crippen molar-refractivity contribution in [3.63, 3.8) is 0 Å². The number of carbonyl (C=O) groups excluding carboxylic acids is 2. The highest BCUT2D eigenvalue weighted by atomic mass is 16.5. The van der Waals surface area contributed by atoms with Crippen LogP contribution in [0.2, 0.25) is 0 Å². The monoisotopic (exact) mass is 329 g/mol. The van der Waals surface area contributed by atoms with Crippen molar-refractivity contribution >= 4 is 22.8 Å². The van der Waals surface area contributed by atoms with E-state index in [4.69, 9.17) is 4.52 Å². The Balaban J connectivity index is 1.61. The van der Waals surface area contributed by atoms with Crippen LogP contribution in [0.3, 0.4) is 0 Å². The van der Waals surface area contributed by atoms with Gasteiger partial charge in [0.05, 0.1) is 6.42 Å². The zero-order chi connectivity index (χ0) is 16.9. The second-order valence-electron chi connectivity index (χ2n) is 6.30. The second-order valence-corrected chi connectivity index (χ2v) is 6.30. The normalized spacial score (nSPS) is 17.9. The van der Waals surface area contributed by atoms with Crippen molar-refractivity contribution < 1.29 is 14.1 Å². The SMILES string of the molecule is CCCC(=O)N[C@@H]1CCCN(C(=O)Cc2noc3ccccc23)C1. The summed E-state index contributed by atoms with van der Waals surface area (Å²) in [6.45, 7) is 3.29. The maximum Gasteiger partial charge on any atom is 0.228 e. The number of benzene rings is 1. The molecule has 1 aliphatic heterocycles. The minimum Gasteiger partial charge on any atom is -0.356 e. The minimum atomic E-state index is 0.0310. The minimum absolute atomic E-state index is 0.0310. The van der Waals surface area contributed by atoms with Crippen LogP contribution in [0, 0.1) is 0 Å². The number of fused-ring (bicyclic) bond motifs is 1. The van der Waals surface area contributed by atoms with Gasteiger partial charge in [-0.3, -0.25) is 9.59 Å². The van der Waals surface area contributed by atoms with Gasteiger partial charge in [0.2, 0.25) is 11.8 Å². The largest absolute Gasteiger partial charge is 0.356 e. The summed E-state index contributed by atoms with van der Waals surface area (Å²) in [5.41, 5.74) is 1.37. The van der Waals surface area contributed by atoms with Gasteiger partial charge in [-0.15, -0.1) is 0 Å². The van der Waals surface area contributed by atoms with Crippen molar-refractivity contribution in [3.05, 3.63) is 30.0 Å². The topological polar surface area (TPSA) is 75.4 Å². The van der Waals surface area contributed by atoms with E-state index in [1.165, 1.54) is 0 Å². The molecule has 1 atom stereocenters. The standard InChI is InChI=1S/C18H23N3O3/c1-2-6-17(22)19-13-7-5-10-21(12-13)18(23)11-15-14-8-3-4-9-16(14)24-20-15/h3-4,8-9,13H,2,5-7,10-12H2,1H3,(H,19,22)/t13-/m1/s1. The molecule has 24 heavy (non-hydrogen) atoms. The molecule has 3 rings (SSSR count). The van der Waals surface area contributed by atoms with E-state index >= 15 is 0 Å². The predicted octanol–water partition coefficient (Wildman–Crippen LogP) is 2.28. The van der Waals surface area contributed by atoms with Crippen LogP contribution >= 0.6 is 0 Å². The van der Waals surface area contributed by atoms with Gasteiger partial charge in [-0.05, 0) is 31.4 Å². The summed E-state index contributed by atoms with van der Waals surface area (Å²) in [6.07, 6.45) is 3.43. The Bertz CT molecular complexity index is 725. The van der Waals surface area contributed by atoms with E-state index in [1.807, 2.05) is 36.1 Å². The van der Waals surface area contributed by atoms with Crippen LogP contribution < -0.4 is 5.32 Å². The molecule has 6 nitrogen and oxygen atoms in total. The smallest absolute Gasteiger partial charge is 0.228 e. The van der Waals surface area contributed by atoms with Gasteiger partial charge in [0, 0.05) is 30.9 Å². The zero-order valence-electron chi connectivity index (χ0n) is 14.0. The summed E-state index contributed by atoms with van der Waals surface area (Å²) < 4.78 is 5.26.